The Morgan fingerprint density at radius 1 is 1.28 bits per heavy atom. The van der Waals surface area contributed by atoms with Gasteiger partial charge in [0.05, 0.1) is 18.2 Å². The first-order valence-electron chi connectivity index (χ1n) is 8.93. The summed E-state index contributed by atoms with van der Waals surface area (Å²) in [6.45, 7) is 5.43. The van der Waals surface area contributed by atoms with Gasteiger partial charge in [-0.3, -0.25) is 4.99 Å². The minimum Gasteiger partial charge on any atom is -0.387 e. The van der Waals surface area contributed by atoms with Crippen molar-refractivity contribution < 1.29 is 5.11 Å². The van der Waals surface area contributed by atoms with Crippen LogP contribution in [0.2, 0.25) is 0 Å². The number of hydrogen-bond acceptors (Lipinski definition) is 3. The van der Waals surface area contributed by atoms with E-state index in [0.717, 1.165) is 30.4 Å². The van der Waals surface area contributed by atoms with Crippen molar-refractivity contribution in [3.63, 3.8) is 0 Å². The highest BCUT2D eigenvalue weighted by atomic mass is 32.2. The largest absolute Gasteiger partial charge is 0.387 e. The van der Waals surface area contributed by atoms with Gasteiger partial charge in [0.2, 0.25) is 0 Å². The molecule has 4 nitrogen and oxygen atoms in total. The third-order valence-corrected chi connectivity index (χ3v) is 5.82. The molecule has 2 aromatic carbocycles. The van der Waals surface area contributed by atoms with Gasteiger partial charge in [0.15, 0.2) is 5.96 Å². The van der Waals surface area contributed by atoms with E-state index < -0.39 is 5.60 Å². The minimum atomic E-state index is -0.654. The Kier molecular flexibility index (Phi) is 5.86. The molecule has 0 saturated carbocycles. The molecule has 2 unspecified atom stereocenters. The molecular weight excluding hydrogens is 330 g/mol. The van der Waals surface area contributed by atoms with Gasteiger partial charge in [-0.1, -0.05) is 36.4 Å². The van der Waals surface area contributed by atoms with Crippen LogP contribution in [-0.4, -0.2) is 41.3 Å². The van der Waals surface area contributed by atoms with Gasteiger partial charge in [0, 0.05) is 12.3 Å². The maximum Gasteiger partial charge on any atom is 0.191 e. The summed E-state index contributed by atoms with van der Waals surface area (Å²) in [6, 6.07) is 15.1. The topological polar surface area (TPSA) is 56.7 Å². The van der Waals surface area contributed by atoms with Crippen molar-refractivity contribution in [2.45, 2.75) is 31.9 Å². The Hall–Kier alpha value is -1.72. The maximum atomic E-state index is 10.5. The number of thioether (sulfide) groups is 1. The summed E-state index contributed by atoms with van der Waals surface area (Å²) >= 11 is 1.80. The normalized spacial score (nSPS) is 22.1. The number of aliphatic hydroxyl groups is 1. The molecule has 134 valence electrons. The number of benzene rings is 2. The van der Waals surface area contributed by atoms with Gasteiger partial charge in [-0.15, -0.1) is 0 Å². The summed E-state index contributed by atoms with van der Waals surface area (Å²) in [5.41, 5.74) is 0.568. The summed E-state index contributed by atoms with van der Waals surface area (Å²) in [5.74, 6) is 2.55. The average Bonchev–Trinajstić information content (AvgIpc) is 3.06. The fourth-order valence-corrected chi connectivity index (χ4v) is 4.32. The monoisotopic (exact) mass is 357 g/mol. The van der Waals surface area contributed by atoms with E-state index in [-0.39, 0.29) is 6.04 Å². The number of aliphatic imine (C=N–C) groups is 1. The van der Waals surface area contributed by atoms with Crippen LogP contribution < -0.4 is 10.6 Å². The average molecular weight is 358 g/mol. The van der Waals surface area contributed by atoms with Gasteiger partial charge in [0.1, 0.15) is 0 Å². The van der Waals surface area contributed by atoms with E-state index >= 15 is 0 Å². The fourth-order valence-electron chi connectivity index (χ4n) is 3.03. The first-order chi connectivity index (χ1) is 12.1. The Bertz CT molecular complexity index is 741. The van der Waals surface area contributed by atoms with Gasteiger partial charge in [-0.2, -0.15) is 11.8 Å². The standard InChI is InChI=1S/C20H27N3OS/c1-3-21-19(22-13-20(24)10-11-25-14-20)23-15(2)17-9-8-16-6-4-5-7-18(16)12-17/h4-9,12,15,24H,3,10-11,13-14H2,1-2H3,(H2,21,22,23). The van der Waals surface area contributed by atoms with Crippen molar-refractivity contribution in [2.24, 2.45) is 4.99 Å². The van der Waals surface area contributed by atoms with E-state index in [1.807, 2.05) is 0 Å². The number of guanidine groups is 1. The lowest BCUT2D eigenvalue weighted by molar-refractivity contribution is 0.0778. The van der Waals surface area contributed by atoms with E-state index in [2.05, 4.69) is 71.9 Å². The van der Waals surface area contributed by atoms with Crippen LogP contribution >= 0.6 is 11.8 Å². The highest BCUT2D eigenvalue weighted by Gasteiger charge is 2.31. The molecule has 0 aromatic heterocycles. The van der Waals surface area contributed by atoms with Crippen molar-refractivity contribution in [3.05, 3.63) is 48.0 Å². The second kappa shape index (κ2) is 8.11. The van der Waals surface area contributed by atoms with Crippen molar-refractivity contribution >= 4 is 28.5 Å². The predicted molar refractivity (Wildman–Crippen MR) is 108 cm³/mol. The SMILES string of the molecule is CCNC(=NCC1(O)CCSC1)NC(C)c1ccc2ccccc2c1. The molecule has 3 rings (SSSR count). The van der Waals surface area contributed by atoms with Gasteiger partial charge < -0.3 is 15.7 Å². The lowest BCUT2D eigenvalue weighted by Crippen LogP contribution is -2.41. The van der Waals surface area contributed by atoms with Gasteiger partial charge in [-0.25, -0.2) is 0 Å². The van der Waals surface area contributed by atoms with Crippen molar-refractivity contribution in [2.75, 3.05) is 24.6 Å². The Morgan fingerprint density at radius 3 is 2.80 bits per heavy atom. The quantitative estimate of drug-likeness (QED) is 0.567. The van der Waals surface area contributed by atoms with Crippen molar-refractivity contribution in [3.8, 4) is 0 Å². The van der Waals surface area contributed by atoms with Gasteiger partial charge >= 0.3 is 0 Å². The first kappa shape index (κ1) is 18.1. The van der Waals surface area contributed by atoms with E-state index in [0.29, 0.717) is 6.54 Å². The Labute approximate surface area is 154 Å². The molecule has 1 aliphatic rings. The molecule has 0 spiro atoms. The molecule has 0 amide bonds. The Balaban J connectivity index is 1.71. The number of fused-ring (bicyclic) bond motifs is 1. The van der Waals surface area contributed by atoms with Crippen molar-refractivity contribution in [1.29, 1.82) is 0 Å². The lowest BCUT2D eigenvalue weighted by atomic mass is 10.0. The van der Waals surface area contributed by atoms with Crippen LogP contribution in [0.25, 0.3) is 10.8 Å². The summed E-state index contributed by atoms with van der Waals surface area (Å²) in [5, 5.41) is 19.7. The molecular formula is C20H27N3OS. The maximum absolute atomic E-state index is 10.5. The summed E-state index contributed by atoms with van der Waals surface area (Å²) in [6.07, 6.45) is 0.820. The van der Waals surface area contributed by atoms with Crippen LogP contribution in [0.3, 0.4) is 0 Å². The molecule has 0 bridgehead atoms. The Morgan fingerprint density at radius 2 is 2.08 bits per heavy atom. The third kappa shape index (κ3) is 4.67. The highest BCUT2D eigenvalue weighted by molar-refractivity contribution is 7.99. The fraction of sp³-hybridized carbons (Fsp3) is 0.450. The molecule has 5 heteroatoms. The molecule has 0 radical (unpaired) electrons. The smallest absolute Gasteiger partial charge is 0.191 e. The third-order valence-electron chi connectivity index (χ3n) is 4.58. The molecule has 1 heterocycles. The van der Waals surface area contributed by atoms with Crippen LogP contribution in [0.5, 0.6) is 0 Å². The summed E-state index contributed by atoms with van der Waals surface area (Å²) < 4.78 is 0. The van der Waals surface area contributed by atoms with Gasteiger partial charge in [0.25, 0.3) is 0 Å². The zero-order valence-corrected chi connectivity index (χ0v) is 15.8. The van der Waals surface area contributed by atoms with Crippen molar-refractivity contribution in [1.82, 2.24) is 10.6 Å². The molecule has 0 aliphatic carbocycles. The molecule has 3 N–H and O–H groups in total. The molecule has 1 aliphatic heterocycles. The predicted octanol–water partition coefficient (Wildman–Crippen LogP) is 3.32. The van der Waals surface area contributed by atoms with E-state index in [1.165, 1.54) is 16.3 Å². The zero-order chi connectivity index (χ0) is 17.7. The van der Waals surface area contributed by atoms with E-state index in [9.17, 15) is 5.11 Å². The first-order valence-corrected chi connectivity index (χ1v) is 10.1. The molecule has 1 fully saturated rings. The minimum absolute atomic E-state index is 0.134. The van der Waals surface area contributed by atoms with Crippen LogP contribution in [0, 0.1) is 0 Å². The highest BCUT2D eigenvalue weighted by Crippen LogP contribution is 2.28. The lowest BCUT2D eigenvalue weighted by Gasteiger charge is -2.22. The van der Waals surface area contributed by atoms with Crippen LogP contribution in [0.4, 0.5) is 0 Å². The number of nitrogens with zero attached hydrogens (tertiary/aromatic N) is 1. The number of nitrogens with one attached hydrogen (secondary N) is 2. The second-order valence-corrected chi connectivity index (χ2v) is 7.80. The molecule has 2 atom stereocenters. The summed E-state index contributed by atoms with van der Waals surface area (Å²) in [4.78, 5) is 4.63. The van der Waals surface area contributed by atoms with Crippen LogP contribution in [0.15, 0.2) is 47.5 Å². The van der Waals surface area contributed by atoms with Gasteiger partial charge in [-0.05, 0) is 48.4 Å². The zero-order valence-electron chi connectivity index (χ0n) is 15.0. The van der Waals surface area contributed by atoms with E-state index in [4.69, 9.17) is 0 Å². The van der Waals surface area contributed by atoms with E-state index in [1.54, 1.807) is 11.8 Å². The van der Waals surface area contributed by atoms with Crippen LogP contribution in [-0.2, 0) is 0 Å². The molecule has 25 heavy (non-hydrogen) atoms. The summed E-state index contributed by atoms with van der Waals surface area (Å²) in [7, 11) is 0. The number of rotatable bonds is 5. The second-order valence-electron chi connectivity index (χ2n) is 6.69. The molecule has 1 saturated heterocycles. The number of hydrogen-bond donors (Lipinski definition) is 3. The molecule has 2 aromatic rings. The van der Waals surface area contributed by atoms with Crippen LogP contribution in [0.1, 0.15) is 31.9 Å².